The van der Waals surface area contributed by atoms with E-state index in [0.29, 0.717) is 11.3 Å². The Morgan fingerprint density at radius 1 is 1.50 bits per heavy atom. The minimum absolute atomic E-state index is 0.567. The Hall–Kier alpha value is -1.49. The molecule has 0 heterocycles. The van der Waals surface area contributed by atoms with Gasteiger partial charge in [-0.25, -0.2) is 0 Å². The number of nitrogens with zero attached hydrogens (tertiary/aromatic N) is 1. The third kappa shape index (κ3) is 1.76. The Labute approximate surface area is 72.6 Å². The minimum Gasteiger partial charge on any atom is -0.398 e. The van der Waals surface area contributed by atoms with Crippen molar-refractivity contribution in [2.45, 2.75) is 19.8 Å². The highest BCUT2D eigenvalue weighted by molar-refractivity contribution is 5.55. The maximum Gasteiger partial charge on any atom is 0.101 e. The summed E-state index contributed by atoms with van der Waals surface area (Å²) in [7, 11) is 0. The van der Waals surface area contributed by atoms with E-state index in [-0.39, 0.29) is 0 Å². The summed E-state index contributed by atoms with van der Waals surface area (Å²) in [6.45, 7) is 2.11. The van der Waals surface area contributed by atoms with Crippen LogP contribution >= 0.6 is 0 Å². The second-order valence-corrected chi connectivity index (χ2v) is 2.78. The zero-order valence-corrected chi connectivity index (χ0v) is 7.17. The van der Waals surface area contributed by atoms with Gasteiger partial charge in [-0.1, -0.05) is 19.4 Å². The second-order valence-electron chi connectivity index (χ2n) is 2.78. The lowest BCUT2D eigenvalue weighted by Gasteiger charge is -2.00. The number of nitrogen functional groups attached to an aromatic ring is 1. The Morgan fingerprint density at radius 2 is 2.25 bits per heavy atom. The molecule has 0 radical (unpaired) electrons. The largest absolute Gasteiger partial charge is 0.398 e. The number of rotatable bonds is 2. The first-order valence-electron chi connectivity index (χ1n) is 4.06. The standard InChI is InChI=1S/C10H12N2/c1-2-3-8-4-5-10(12)9(6-8)7-11/h4-6H,2-3,12H2,1H3. The third-order valence-corrected chi connectivity index (χ3v) is 1.78. The van der Waals surface area contributed by atoms with Gasteiger partial charge in [0, 0.05) is 5.69 Å². The molecule has 0 bridgehead atoms. The molecule has 0 fully saturated rings. The van der Waals surface area contributed by atoms with E-state index in [9.17, 15) is 0 Å². The summed E-state index contributed by atoms with van der Waals surface area (Å²) in [6.07, 6.45) is 2.10. The molecule has 1 aromatic rings. The molecule has 2 N–H and O–H groups in total. The lowest BCUT2D eigenvalue weighted by Crippen LogP contribution is -1.92. The molecule has 12 heavy (non-hydrogen) atoms. The molecule has 0 unspecified atom stereocenters. The van der Waals surface area contributed by atoms with Crippen LogP contribution in [-0.2, 0) is 6.42 Å². The van der Waals surface area contributed by atoms with Gasteiger partial charge in [0.1, 0.15) is 6.07 Å². The molecule has 1 rings (SSSR count). The highest BCUT2D eigenvalue weighted by Gasteiger charge is 1.98. The van der Waals surface area contributed by atoms with Gasteiger partial charge in [0.25, 0.3) is 0 Å². The van der Waals surface area contributed by atoms with Crippen LogP contribution in [0.25, 0.3) is 0 Å². The first kappa shape index (κ1) is 8.61. The highest BCUT2D eigenvalue weighted by atomic mass is 14.6. The van der Waals surface area contributed by atoms with Crippen molar-refractivity contribution >= 4 is 5.69 Å². The SMILES string of the molecule is CCCc1ccc(N)c(C#N)c1. The van der Waals surface area contributed by atoms with Gasteiger partial charge in [0.15, 0.2) is 0 Å². The summed E-state index contributed by atoms with van der Waals surface area (Å²) in [5, 5.41) is 8.68. The first-order valence-corrected chi connectivity index (χ1v) is 4.06. The summed E-state index contributed by atoms with van der Waals surface area (Å²) < 4.78 is 0. The van der Waals surface area contributed by atoms with Crippen molar-refractivity contribution in [3.05, 3.63) is 29.3 Å². The lowest BCUT2D eigenvalue weighted by molar-refractivity contribution is 0.921. The fourth-order valence-electron chi connectivity index (χ4n) is 1.14. The number of anilines is 1. The molecule has 62 valence electrons. The van der Waals surface area contributed by atoms with E-state index in [1.165, 1.54) is 5.56 Å². The van der Waals surface area contributed by atoms with Crippen LogP contribution < -0.4 is 5.73 Å². The molecule has 2 heteroatoms. The van der Waals surface area contributed by atoms with Gasteiger partial charge in [-0.05, 0) is 24.1 Å². The normalized spacial score (nSPS) is 9.33. The van der Waals surface area contributed by atoms with Crippen LogP contribution in [0, 0.1) is 11.3 Å². The topological polar surface area (TPSA) is 49.8 Å². The van der Waals surface area contributed by atoms with Crippen LogP contribution in [0.15, 0.2) is 18.2 Å². The maximum absolute atomic E-state index is 8.68. The summed E-state index contributed by atoms with van der Waals surface area (Å²) in [5.41, 5.74) is 7.91. The summed E-state index contributed by atoms with van der Waals surface area (Å²) in [5.74, 6) is 0. The smallest absolute Gasteiger partial charge is 0.101 e. The number of aryl methyl sites for hydroxylation is 1. The van der Waals surface area contributed by atoms with E-state index in [1.807, 2.05) is 12.1 Å². The Bertz CT molecular complexity index is 310. The van der Waals surface area contributed by atoms with Crippen LogP contribution in [0.5, 0.6) is 0 Å². The van der Waals surface area contributed by atoms with Gasteiger partial charge in [-0.15, -0.1) is 0 Å². The molecule has 0 aliphatic rings. The van der Waals surface area contributed by atoms with Crippen LogP contribution in [0.2, 0.25) is 0 Å². The zero-order chi connectivity index (χ0) is 8.97. The van der Waals surface area contributed by atoms with Crippen molar-refractivity contribution in [1.29, 1.82) is 5.26 Å². The summed E-state index contributed by atoms with van der Waals surface area (Å²) >= 11 is 0. The van der Waals surface area contributed by atoms with E-state index in [1.54, 1.807) is 6.07 Å². The van der Waals surface area contributed by atoms with E-state index in [0.717, 1.165) is 12.8 Å². The Morgan fingerprint density at radius 3 is 2.83 bits per heavy atom. The molecule has 0 spiro atoms. The highest BCUT2D eigenvalue weighted by Crippen LogP contribution is 2.13. The molecule has 0 saturated carbocycles. The number of hydrogen-bond acceptors (Lipinski definition) is 2. The zero-order valence-electron chi connectivity index (χ0n) is 7.17. The Balaban J connectivity index is 2.99. The van der Waals surface area contributed by atoms with Crippen LogP contribution in [0.1, 0.15) is 24.5 Å². The van der Waals surface area contributed by atoms with Gasteiger partial charge >= 0.3 is 0 Å². The van der Waals surface area contributed by atoms with Gasteiger partial charge in [-0.2, -0.15) is 5.26 Å². The lowest BCUT2D eigenvalue weighted by atomic mass is 10.1. The summed E-state index contributed by atoms with van der Waals surface area (Å²) in [6, 6.07) is 7.70. The molecule has 0 aliphatic carbocycles. The monoisotopic (exact) mass is 160 g/mol. The number of nitriles is 1. The van der Waals surface area contributed by atoms with E-state index < -0.39 is 0 Å². The second kappa shape index (κ2) is 3.77. The minimum atomic E-state index is 0.567. The first-order chi connectivity index (χ1) is 5.77. The van der Waals surface area contributed by atoms with E-state index >= 15 is 0 Å². The van der Waals surface area contributed by atoms with Gasteiger partial charge in [0.05, 0.1) is 5.56 Å². The molecular weight excluding hydrogens is 148 g/mol. The molecule has 0 atom stereocenters. The number of benzene rings is 1. The number of nitrogens with two attached hydrogens (primary N) is 1. The van der Waals surface area contributed by atoms with E-state index in [2.05, 4.69) is 13.0 Å². The fraction of sp³-hybridized carbons (Fsp3) is 0.300. The maximum atomic E-state index is 8.68. The van der Waals surface area contributed by atoms with Crippen molar-refractivity contribution < 1.29 is 0 Å². The number of hydrogen-bond donors (Lipinski definition) is 1. The quantitative estimate of drug-likeness (QED) is 0.673. The summed E-state index contributed by atoms with van der Waals surface area (Å²) in [4.78, 5) is 0. The van der Waals surface area contributed by atoms with Gasteiger partial charge < -0.3 is 5.73 Å². The predicted octanol–water partition coefficient (Wildman–Crippen LogP) is 2.09. The van der Waals surface area contributed by atoms with E-state index in [4.69, 9.17) is 11.0 Å². The molecule has 1 aromatic carbocycles. The molecule has 0 amide bonds. The molecule has 0 aliphatic heterocycles. The van der Waals surface area contributed by atoms with Crippen molar-refractivity contribution in [1.82, 2.24) is 0 Å². The van der Waals surface area contributed by atoms with Crippen LogP contribution in [0.4, 0.5) is 5.69 Å². The molecule has 2 nitrogen and oxygen atoms in total. The van der Waals surface area contributed by atoms with Crippen molar-refractivity contribution in [3.8, 4) is 6.07 Å². The third-order valence-electron chi connectivity index (χ3n) is 1.78. The Kier molecular flexibility index (Phi) is 2.71. The molecule has 0 saturated heterocycles. The van der Waals surface area contributed by atoms with Crippen molar-refractivity contribution in [2.75, 3.05) is 5.73 Å². The fourth-order valence-corrected chi connectivity index (χ4v) is 1.14. The van der Waals surface area contributed by atoms with Crippen molar-refractivity contribution in [2.24, 2.45) is 0 Å². The van der Waals surface area contributed by atoms with Crippen LogP contribution in [-0.4, -0.2) is 0 Å². The van der Waals surface area contributed by atoms with Crippen LogP contribution in [0.3, 0.4) is 0 Å². The molecule has 0 aromatic heterocycles. The predicted molar refractivity (Wildman–Crippen MR) is 49.6 cm³/mol. The average molecular weight is 160 g/mol. The van der Waals surface area contributed by atoms with Gasteiger partial charge in [0.2, 0.25) is 0 Å². The average Bonchev–Trinajstić information content (AvgIpc) is 2.09. The molecular formula is C10H12N2. The van der Waals surface area contributed by atoms with Crippen molar-refractivity contribution in [3.63, 3.8) is 0 Å². The van der Waals surface area contributed by atoms with Gasteiger partial charge in [-0.3, -0.25) is 0 Å².